The van der Waals surface area contributed by atoms with Crippen molar-refractivity contribution in [1.29, 1.82) is 0 Å². The van der Waals surface area contributed by atoms with Crippen LogP contribution in [0.5, 0.6) is 0 Å². The van der Waals surface area contributed by atoms with Crippen LogP contribution in [0.4, 0.5) is 11.5 Å². The number of para-hydroxylation sites is 1. The molecule has 88 valence electrons. The molecule has 0 aliphatic carbocycles. The number of aromatic nitrogens is 2. The van der Waals surface area contributed by atoms with Crippen LogP contribution in [0, 0.1) is 13.8 Å². The largest absolute Gasteiger partial charge is 0.338 e. The van der Waals surface area contributed by atoms with Crippen LogP contribution in [0.3, 0.4) is 0 Å². The van der Waals surface area contributed by atoms with Gasteiger partial charge in [0.05, 0.1) is 11.4 Å². The highest BCUT2D eigenvalue weighted by Gasteiger charge is 2.05. The van der Waals surface area contributed by atoms with E-state index in [0.29, 0.717) is 5.88 Å². The Kier molecular flexibility index (Phi) is 3.59. The molecule has 1 aromatic carbocycles. The van der Waals surface area contributed by atoms with E-state index in [1.807, 2.05) is 38.1 Å². The summed E-state index contributed by atoms with van der Waals surface area (Å²) in [6.07, 6.45) is 1.76. The minimum absolute atomic E-state index is 0.474. The van der Waals surface area contributed by atoms with Gasteiger partial charge < -0.3 is 5.32 Å². The highest BCUT2D eigenvalue weighted by molar-refractivity contribution is 6.17. The minimum Gasteiger partial charge on any atom is -0.338 e. The van der Waals surface area contributed by atoms with Crippen LogP contribution in [0.15, 0.2) is 30.5 Å². The average Bonchev–Trinajstić information content (AvgIpc) is 2.34. The maximum atomic E-state index is 5.89. The highest BCUT2D eigenvalue weighted by atomic mass is 35.5. The van der Waals surface area contributed by atoms with Gasteiger partial charge in [0.2, 0.25) is 0 Å². The Morgan fingerprint density at radius 1 is 1.24 bits per heavy atom. The van der Waals surface area contributed by atoms with Crippen molar-refractivity contribution in [2.24, 2.45) is 0 Å². The summed E-state index contributed by atoms with van der Waals surface area (Å²) in [6.45, 7) is 3.85. The van der Waals surface area contributed by atoms with Gasteiger partial charge in [-0.1, -0.05) is 18.2 Å². The zero-order chi connectivity index (χ0) is 12.3. The first-order valence-electron chi connectivity index (χ1n) is 5.42. The van der Waals surface area contributed by atoms with Crippen molar-refractivity contribution >= 4 is 23.1 Å². The van der Waals surface area contributed by atoms with Gasteiger partial charge in [-0.05, 0) is 25.5 Å². The van der Waals surface area contributed by atoms with Crippen molar-refractivity contribution in [2.75, 3.05) is 5.32 Å². The fourth-order valence-corrected chi connectivity index (χ4v) is 1.78. The monoisotopic (exact) mass is 247 g/mol. The molecule has 2 aromatic rings. The lowest BCUT2D eigenvalue weighted by Crippen LogP contribution is -2.01. The van der Waals surface area contributed by atoms with E-state index in [-0.39, 0.29) is 0 Å². The van der Waals surface area contributed by atoms with Crippen LogP contribution in [-0.4, -0.2) is 9.97 Å². The van der Waals surface area contributed by atoms with Gasteiger partial charge in [0, 0.05) is 17.8 Å². The summed E-state index contributed by atoms with van der Waals surface area (Å²) in [5.74, 6) is 1.25. The zero-order valence-corrected chi connectivity index (χ0v) is 10.6. The van der Waals surface area contributed by atoms with Crippen molar-refractivity contribution < 1.29 is 0 Å². The van der Waals surface area contributed by atoms with Gasteiger partial charge in [-0.25, -0.2) is 4.98 Å². The second-order valence-corrected chi connectivity index (χ2v) is 4.13. The maximum Gasteiger partial charge on any atom is 0.152 e. The lowest BCUT2D eigenvalue weighted by Gasteiger charge is -2.11. The second-order valence-electron chi connectivity index (χ2n) is 3.86. The van der Waals surface area contributed by atoms with Crippen LogP contribution < -0.4 is 5.32 Å². The quantitative estimate of drug-likeness (QED) is 0.843. The third-order valence-corrected chi connectivity index (χ3v) is 2.78. The molecule has 17 heavy (non-hydrogen) atoms. The third kappa shape index (κ3) is 2.74. The molecule has 0 aliphatic rings. The summed E-state index contributed by atoms with van der Waals surface area (Å²) in [6, 6.07) is 7.92. The van der Waals surface area contributed by atoms with Gasteiger partial charge in [-0.15, -0.1) is 11.6 Å². The van der Waals surface area contributed by atoms with Crippen LogP contribution >= 0.6 is 11.6 Å². The molecule has 0 amide bonds. The Morgan fingerprint density at radius 2 is 2.00 bits per heavy atom. The molecule has 0 unspecified atom stereocenters. The summed E-state index contributed by atoms with van der Waals surface area (Å²) in [5, 5.41) is 3.27. The summed E-state index contributed by atoms with van der Waals surface area (Å²) in [4.78, 5) is 8.70. The minimum atomic E-state index is 0.474. The van der Waals surface area contributed by atoms with Crippen LogP contribution in [0.1, 0.15) is 17.0 Å². The number of hydrogen-bond acceptors (Lipinski definition) is 3. The second kappa shape index (κ2) is 5.15. The molecule has 0 atom stereocenters. The molecule has 2 rings (SSSR count). The van der Waals surface area contributed by atoms with Gasteiger partial charge in [-0.3, -0.25) is 4.98 Å². The van der Waals surface area contributed by atoms with E-state index in [9.17, 15) is 0 Å². The molecule has 4 heteroatoms. The molecule has 0 aliphatic heterocycles. The molecule has 0 saturated heterocycles. The molecule has 3 nitrogen and oxygen atoms in total. The highest BCUT2D eigenvalue weighted by Crippen LogP contribution is 2.22. The number of anilines is 2. The fraction of sp³-hybridized carbons (Fsp3) is 0.231. The van der Waals surface area contributed by atoms with Crippen LogP contribution in [-0.2, 0) is 5.88 Å². The SMILES string of the molecule is Cc1cnc(C)c(Nc2ccccc2CCl)n1. The van der Waals surface area contributed by atoms with E-state index in [4.69, 9.17) is 11.6 Å². The Morgan fingerprint density at radius 3 is 2.76 bits per heavy atom. The van der Waals surface area contributed by atoms with Crippen molar-refractivity contribution in [3.05, 3.63) is 47.4 Å². The smallest absolute Gasteiger partial charge is 0.152 e. The lowest BCUT2D eigenvalue weighted by molar-refractivity contribution is 1.06. The molecule has 0 saturated carbocycles. The zero-order valence-electron chi connectivity index (χ0n) is 9.87. The van der Waals surface area contributed by atoms with Gasteiger partial charge in [-0.2, -0.15) is 0 Å². The molecule has 1 aromatic heterocycles. The fourth-order valence-electron chi connectivity index (χ4n) is 1.54. The first kappa shape index (κ1) is 11.9. The Bertz CT molecular complexity index is 526. The number of halogens is 1. The lowest BCUT2D eigenvalue weighted by atomic mass is 10.2. The molecular formula is C13H14ClN3. The van der Waals surface area contributed by atoms with Crippen LogP contribution in [0.25, 0.3) is 0 Å². The Balaban J connectivity index is 2.34. The number of aryl methyl sites for hydroxylation is 2. The summed E-state index contributed by atoms with van der Waals surface area (Å²) >= 11 is 5.89. The molecular weight excluding hydrogens is 234 g/mol. The van der Waals surface area contributed by atoms with Gasteiger partial charge in [0.25, 0.3) is 0 Å². The molecule has 0 spiro atoms. The van der Waals surface area contributed by atoms with Gasteiger partial charge in [0.1, 0.15) is 0 Å². The summed E-state index contributed by atoms with van der Waals surface area (Å²) in [7, 11) is 0. The van der Waals surface area contributed by atoms with E-state index in [0.717, 1.165) is 28.5 Å². The maximum absolute atomic E-state index is 5.89. The van der Waals surface area contributed by atoms with Crippen molar-refractivity contribution in [3.63, 3.8) is 0 Å². The molecule has 1 heterocycles. The first-order chi connectivity index (χ1) is 8.20. The summed E-state index contributed by atoms with van der Waals surface area (Å²) in [5.41, 5.74) is 3.80. The number of nitrogens with one attached hydrogen (secondary N) is 1. The predicted octanol–water partition coefficient (Wildman–Crippen LogP) is 3.58. The Hall–Kier alpha value is -1.61. The van der Waals surface area contributed by atoms with Crippen molar-refractivity contribution in [3.8, 4) is 0 Å². The number of benzene rings is 1. The number of nitrogens with zero attached hydrogens (tertiary/aromatic N) is 2. The van der Waals surface area contributed by atoms with E-state index in [2.05, 4.69) is 15.3 Å². The standard InChI is InChI=1S/C13H14ClN3/c1-9-8-15-10(2)13(16-9)17-12-6-4-3-5-11(12)7-14/h3-6,8H,7H2,1-2H3,(H,16,17). The average molecular weight is 248 g/mol. The van der Waals surface area contributed by atoms with E-state index < -0.39 is 0 Å². The van der Waals surface area contributed by atoms with E-state index in [1.165, 1.54) is 0 Å². The summed E-state index contributed by atoms with van der Waals surface area (Å²) < 4.78 is 0. The molecule has 1 N–H and O–H groups in total. The predicted molar refractivity (Wildman–Crippen MR) is 70.8 cm³/mol. The van der Waals surface area contributed by atoms with Gasteiger partial charge in [0.15, 0.2) is 5.82 Å². The topological polar surface area (TPSA) is 37.8 Å². The van der Waals surface area contributed by atoms with E-state index in [1.54, 1.807) is 6.20 Å². The van der Waals surface area contributed by atoms with E-state index >= 15 is 0 Å². The van der Waals surface area contributed by atoms with Crippen molar-refractivity contribution in [2.45, 2.75) is 19.7 Å². The molecule has 0 fully saturated rings. The number of rotatable bonds is 3. The van der Waals surface area contributed by atoms with Crippen molar-refractivity contribution in [1.82, 2.24) is 9.97 Å². The number of alkyl halides is 1. The molecule has 0 radical (unpaired) electrons. The van der Waals surface area contributed by atoms with Gasteiger partial charge >= 0.3 is 0 Å². The Labute approximate surface area is 106 Å². The number of hydrogen-bond donors (Lipinski definition) is 1. The first-order valence-corrected chi connectivity index (χ1v) is 5.95. The molecule has 0 bridgehead atoms. The van der Waals surface area contributed by atoms with Crippen LogP contribution in [0.2, 0.25) is 0 Å². The normalized spacial score (nSPS) is 10.3. The third-order valence-electron chi connectivity index (χ3n) is 2.49.